The number of aryl methyl sites for hydroxylation is 1. The van der Waals surface area contributed by atoms with Crippen molar-refractivity contribution in [3.63, 3.8) is 0 Å². The number of amides is 1. The van der Waals surface area contributed by atoms with Crippen molar-refractivity contribution in [3.8, 4) is 0 Å². The van der Waals surface area contributed by atoms with Crippen LogP contribution in [-0.4, -0.2) is 40.6 Å². The zero-order valence-corrected chi connectivity index (χ0v) is 16.1. The highest BCUT2D eigenvalue weighted by molar-refractivity contribution is 6.03. The summed E-state index contributed by atoms with van der Waals surface area (Å²) in [5.74, 6) is -0.744. The third-order valence-electron chi connectivity index (χ3n) is 4.81. The number of rotatable bonds is 3. The van der Waals surface area contributed by atoms with Gasteiger partial charge < -0.3 is 19.4 Å². The van der Waals surface area contributed by atoms with Gasteiger partial charge in [0.25, 0.3) is 5.91 Å². The number of hydrogen-bond donors (Lipinski definition) is 1. The second-order valence-corrected chi connectivity index (χ2v) is 7.38. The number of halogens is 1. The lowest BCUT2D eigenvalue weighted by molar-refractivity contribution is -0.00539. The average Bonchev–Trinajstić information content (AvgIpc) is 3.04. The Kier molecular flexibility index (Phi) is 4.77. The molecule has 1 fully saturated rings. The van der Waals surface area contributed by atoms with Crippen molar-refractivity contribution in [1.82, 2.24) is 9.38 Å². The lowest BCUT2D eigenvalue weighted by Crippen LogP contribution is -2.45. The minimum Gasteiger partial charge on any atom is -0.372 e. The maximum atomic E-state index is 14.7. The van der Waals surface area contributed by atoms with Gasteiger partial charge in [-0.3, -0.25) is 4.79 Å². The molecule has 0 bridgehead atoms. The first-order valence-corrected chi connectivity index (χ1v) is 9.36. The van der Waals surface area contributed by atoms with Crippen LogP contribution in [0.5, 0.6) is 0 Å². The fourth-order valence-corrected chi connectivity index (χ4v) is 3.60. The van der Waals surface area contributed by atoms with E-state index in [0.717, 1.165) is 5.56 Å². The van der Waals surface area contributed by atoms with Gasteiger partial charge in [0.05, 0.1) is 17.9 Å². The molecule has 0 aliphatic carbocycles. The minimum atomic E-state index is -0.373. The topological polar surface area (TPSA) is 58.9 Å². The third kappa shape index (κ3) is 3.71. The van der Waals surface area contributed by atoms with E-state index >= 15 is 0 Å². The van der Waals surface area contributed by atoms with Crippen LogP contribution in [0.1, 0.15) is 29.9 Å². The smallest absolute Gasteiger partial charge is 0.275 e. The maximum absolute atomic E-state index is 14.7. The fraction of sp³-hybridized carbons (Fsp3) is 0.333. The van der Waals surface area contributed by atoms with Crippen LogP contribution < -0.4 is 10.2 Å². The van der Waals surface area contributed by atoms with Gasteiger partial charge in [-0.1, -0.05) is 0 Å². The normalized spacial score (nSPS) is 19.8. The molecule has 1 saturated heterocycles. The van der Waals surface area contributed by atoms with Gasteiger partial charge in [-0.15, -0.1) is 0 Å². The van der Waals surface area contributed by atoms with Crippen molar-refractivity contribution in [3.05, 3.63) is 59.8 Å². The van der Waals surface area contributed by atoms with Gasteiger partial charge in [0.15, 0.2) is 0 Å². The summed E-state index contributed by atoms with van der Waals surface area (Å²) in [5.41, 5.74) is 2.96. The molecule has 0 radical (unpaired) electrons. The van der Waals surface area contributed by atoms with Crippen molar-refractivity contribution in [2.45, 2.75) is 33.0 Å². The highest BCUT2D eigenvalue weighted by atomic mass is 19.1. The number of ether oxygens (including phenoxy) is 1. The number of morpholine rings is 1. The Hall–Kier alpha value is -2.93. The van der Waals surface area contributed by atoms with Crippen molar-refractivity contribution >= 4 is 22.9 Å². The van der Waals surface area contributed by atoms with Crippen molar-refractivity contribution in [1.29, 1.82) is 0 Å². The quantitative estimate of drug-likeness (QED) is 0.751. The zero-order valence-electron chi connectivity index (χ0n) is 16.1. The van der Waals surface area contributed by atoms with E-state index in [0.29, 0.717) is 30.1 Å². The van der Waals surface area contributed by atoms with E-state index in [9.17, 15) is 9.18 Å². The van der Waals surface area contributed by atoms with Crippen LogP contribution >= 0.6 is 0 Å². The third-order valence-corrected chi connectivity index (χ3v) is 4.81. The molecule has 1 aliphatic rings. The molecule has 28 heavy (non-hydrogen) atoms. The van der Waals surface area contributed by atoms with Crippen LogP contribution in [0, 0.1) is 12.7 Å². The first kappa shape index (κ1) is 18.4. The molecular formula is C21H23FN4O2. The number of benzene rings is 1. The average molecular weight is 382 g/mol. The van der Waals surface area contributed by atoms with Gasteiger partial charge in [0.1, 0.15) is 17.2 Å². The first-order valence-electron chi connectivity index (χ1n) is 9.36. The van der Waals surface area contributed by atoms with Crippen molar-refractivity contribution < 1.29 is 13.9 Å². The molecule has 4 rings (SSSR count). The zero-order chi connectivity index (χ0) is 19.8. The number of carbonyl (C=O) groups excluding carboxylic acids is 1. The van der Waals surface area contributed by atoms with Crippen molar-refractivity contribution in [2.24, 2.45) is 0 Å². The summed E-state index contributed by atoms with van der Waals surface area (Å²) in [7, 11) is 0. The molecule has 2 unspecified atom stereocenters. The number of aromatic nitrogens is 2. The molecular weight excluding hydrogens is 359 g/mol. The molecule has 2 atom stereocenters. The fourth-order valence-electron chi connectivity index (χ4n) is 3.60. The number of imidazole rings is 1. The predicted octanol–water partition coefficient (Wildman–Crippen LogP) is 3.65. The number of fused-ring (bicyclic) bond motifs is 1. The molecule has 1 amide bonds. The lowest BCUT2D eigenvalue weighted by Gasteiger charge is -2.37. The highest BCUT2D eigenvalue weighted by Crippen LogP contribution is 2.26. The molecule has 2 aromatic heterocycles. The summed E-state index contributed by atoms with van der Waals surface area (Å²) >= 11 is 0. The van der Waals surface area contributed by atoms with E-state index in [1.54, 1.807) is 22.7 Å². The molecule has 3 heterocycles. The van der Waals surface area contributed by atoms with Gasteiger partial charge in [0.2, 0.25) is 0 Å². The molecule has 1 aromatic carbocycles. The second kappa shape index (κ2) is 7.24. The summed E-state index contributed by atoms with van der Waals surface area (Å²) in [4.78, 5) is 18.8. The highest BCUT2D eigenvalue weighted by Gasteiger charge is 2.24. The summed E-state index contributed by atoms with van der Waals surface area (Å²) in [6, 6.07) is 8.59. The van der Waals surface area contributed by atoms with Gasteiger partial charge in [0, 0.05) is 31.2 Å². The molecule has 1 aliphatic heterocycles. The number of nitrogens with one attached hydrogen (secondary N) is 1. The summed E-state index contributed by atoms with van der Waals surface area (Å²) in [6.45, 7) is 7.19. The van der Waals surface area contributed by atoms with Gasteiger partial charge in [-0.25, -0.2) is 9.37 Å². The Morgan fingerprint density at radius 3 is 2.68 bits per heavy atom. The van der Waals surface area contributed by atoms with E-state index in [-0.39, 0.29) is 29.6 Å². The number of anilines is 2. The first-order chi connectivity index (χ1) is 13.4. The van der Waals surface area contributed by atoms with Crippen LogP contribution in [0.3, 0.4) is 0 Å². The van der Waals surface area contributed by atoms with Crippen molar-refractivity contribution in [2.75, 3.05) is 23.3 Å². The predicted molar refractivity (Wildman–Crippen MR) is 107 cm³/mol. The molecule has 3 aromatic rings. The lowest BCUT2D eigenvalue weighted by atomic mass is 10.2. The Labute approximate surface area is 162 Å². The molecule has 1 N–H and O–H groups in total. The maximum Gasteiger partial charge on any atom is 0.275 e. The van der Waals surface area contributed by atoms with Crippen LogP contribution in [0.2, 0.25) is 0 Å². The Morgan fingerprint density at radius 1 is 1.21 bits per heavy atom. The van der Waals surface area contributed by atoms with Crippen LogP contribution in [0.25, 0.3) is 5.65 Å². The van der Waals surface area contributed by atoms with E-state index in [2.05, 4.69) is 10.3 Å². The number of nitrogens with zero attached hydrogens (tertiary/aromatic N) is 3. The number of hydrogen-bond acceptors (Lipinski definition) is 4. The number of carbonyl (C=O) groups is 1. The van der Waals surface area contributed by atoms with Crippen LogP contribution in [0.4, 0.5) is 15.8 Å². The number of pyridine rings is 1. The standard InChI is InChI=1S/C21H23FN4O2/c1-13-6-7-25-12-18(24-20(25)8-13)21(27)23-16-4-5-19(17(22)9-16)26-10-14(2)28-15(3)11-26/h4-9,12,14-15H,10-11H2,1-3H3,(H,23,27). The van der Waals surface area contributed by atoms with Gasteiger partial charge in [-0.05, 0) is 56.7 Å². The van der Waals surface area contributed by atoms with E-state index in [1.807, 2.05) is 44.0 Å². The van der Waals surface area contributed by atoms with Crippen LogP contribution in [-0.2, 0) is 4.74 Å². The second-order valence-electron chi connectivity index (χ2n) is 7.38. The van der Waals surface area contributed by atoms with E-state index in [1.165, 1.54) is 6.07 Å². The summed E-state index contributed by atoms with van der Waals surface area (Å²) < 4.78 is 22.2. The summed E-state index contributed by atoms with van der Waals surface area (Å²) in [6.07, 6.45) is 3.60. The largest absolute Gasteiger partial charge is 0.372 e. The van der Waals surface area contributed by atoms with Crippen LogP contribution in [0.15, 0.2) is 42.7 Å². The van der Waals surface area contributed by atoms with E-state index < -0.39 is 0 Å². The molecule has 6 nitrogen and oxygen atoms in total. The summed E-state index contributed by atoms with van der Waals surface area (Å²) in [5, 5.41) is 2.72. The Morgan fingerprint density at radius 2 is 1.96 bits per heavy atom. The van der Waals surface area contributed by atoms with Gasteiger partial charge in [-0.2, -0.15) is 0 Å². The SMILES string of the molecule is Cc1ccn2cc(C(=O)Nc3ccc(N4CC(C)OC(C)C4)c(F)c3)nc2c1. The molecule has 0 spiro atoms. The van der Waals surface area contributed by atoms with Gasteiger partial charge >= 0.3 is 0 Å². The Bertz CT molecular complexity index is 1020. The molecule has 146 valence electrons. The molecule has 7 heteroatoms. The minimum absolute atomic E-state index is 0.0428. The molecule has 0 saturated carbocycles. The Balaban J connectivity index is 1.51. The van der Waals surface area contributed by atoms with E-state index in [4.69, 9.17) is 4.74 Å². The monoisotopic (exact) mass is 382 g/mol.